The van der Waals surface area contributed by atoms with E-state index < -0.39 is 0 Å². The van der Waals surface area contributed by atoms with Gasteiger partial charge in [-0.15, -0.1) is 20.4 Å². The van der Waals surface area contributed by atoms with Gasteiger partial charge in [0.2, 0.25) is 0 Å². The van der Waals surface area contributed by atoms with Crippen molar-refractivity contribution in [2.45, 2.75) is 65.0 Å². The molecule has 500 valence electrons. The summed E-state index contributed by atoms with van der Waals surface area (Å²) in [6, 6.07) is 51.2. The maximum atomic E-state index is 9.54. The van der Waals surface area contributed by atoms with Crippen molar-refractivity contribution < 1.29 is 0 Å². The molecule has 6 aromatic carbocycles. The fourth-order valence-electron chi connectivity index (χ4n) is 12.1. The third-order valence-corrected chi connectivity index (χ3v) is 18.0. The van der Waals surface area contributed by atoms with E-state index in [1.165, 1.54) is 6.33 Å². The average Bonchev–Trinajstić information content (AvgIpc) is 1.80. The third kappa shape index (κ3) is 17.0. The molecular weight excluding hydrogens is 1330 g/mol. The zero-order valence-electron chi connectivity index (χ0n) is 54.4. The second-order valence-corrected chi connectivity index (χ2v) is 24.6. The summed E-state index contributed by atoms with van der Waals surface area (Å²) in [5.74, 6) is 0.807. The number of nitrogens with two attached hydrogens (primary N) is 1. The minimum Gasteiger partial charge on any atom is -0.366 e. The van der Waals surface area contributed by atoms with E-state index in [2.05, 4.69) is 122 Å². The molecule has 16 rings (SSSR count). The van der Waals surface area contributed by atoms with Gasteiger partial charge in [-0.2, -0.15) is 21.0 Å². The number of hydrogen-bond donors (Lipinski definition) is 2. The van der Waals surface area contributed by atoms with E-state index in [1.54, 1.807) is 62.5 Å². The molecule has 0 atom stereocenters. The number of benzene rings is 6. The fraction of sp³-hybridized carbons (Fsp3) is 0.189. The topological polar surface area (TPSA) is 311 Å². The van der Waals surface area contributed by atoms with Crippen LogP contribution >= 0.6 is 34.8 Å². The Morgan fingerprint density at radius 2 is 0.842 bits per heavy atom. The number of aromatic nitrogens is 14. The molecule has 3 N–H and O–H groups in total. The molecule has 101 heavy (non-hydrogen) atoms. The normalized spacial score (nSPS) is 13.0. The minimum absolute atomic E-state index is 0.479. The van der Waals surface area contributed by atoms with Crippen molar-refractivity contribution >= 4 is 63.4 Å². The summed E-state index contributed by atoms with van der Waals surface area (Å²) in [5.41, 5.74) is 24.6. The first kappa shape index (κ1) is 68.6. The SMILES string of the molecule is N#Cc1cc(Cl)ccc1N1CCc2ncnc(Cl)c2C1.N#Cc1cc(Cl)ccc1N1CCc2ncnc(NCc3cccc(-n4cnnc4)c3)c2C1.N#Cc1ccccc1N1CCc2ncncc2C1.N#Cc1ccccc1N1CCc2ncncc2C1.NCc1cccc(-n2cnnc2)c1. The summed E-state index contributed by atoms with van der Waals surface area (Å²) in [6.45, 7) is 7.28. The molecular formula is C74H63Cl3N24. The van der Waals surface area contributed by atoms with Gasteiger partial charge < -0.3 is 30.7 Å². The van der Waals surface area contributed by atoms with Crippen LogP contribution in [0.5, 0.6) is 0 Å². The highest BCUT2D eigenvalue weighted by Crippen LogP contribution is 2.34. The van der Waals surface area contributed by atoms with Crippen LogP contribution in [0.1, 0.15) is 78.4 Å². The van der Waals surface area contributed by atoms with Crippen LogP contribution in [0.15, 0.2) is 196 Å². The van der Waals surface area contributed by atoms with Gasteiger partial charge in [-0.3, -0.25) is 9.13 Å². The molecule has 0 unspecified atom stereocenters. The number of hydrogen-bond acceptors (Lipinski definition) is 22. The molecule has 4 aliphatic rings. The van der Waals surface area contributed by atoms with Crippen LogP contribution in [0, 0.1) is 45.3 Å². The van der Waals surface area contributed by atoms with Crippen LogP contribution in [0.4, 0.5) is 28.6 Å². The van der Waals surface area contributed by atoms with E-state index in [0.717, 1.165) is 172 Å². The van der Waals surface area contributed by atoms with E-state index in [9.17, 15) is 10.5 Å². The van der Waals surface area contributed by atoms with Gasteiger partial charge in [0.05, 0.1) is 67.8 Å². The number of nitrogens with one attached hydrogen (secondary N) is 1. The lowest BCUT2D eigenvalue weighted by Crippen LogP contribution is -2.32. The second-order valence-electron chi connectivity index (χ2n) is 23.4. The van der Waals surface area contributed by atoms with Crippen molar-refractivity contribution in [1.82, 2.24) is 69.4 Å². The summed E-state index contributed by atoms with van der Waals surface area (Å²) >= 11 is 18.1. The molecule has 0 fully saturated rings. The Kier molecular flexibility index (Phi) is 22.6. The number of fused-ring (bicyclic) bond motifs is 4. The van der Waals surface area contributed by atoms with Crippen LogP contribution in [0.2, 0.25) is 15.2 Å². The minimum atomic E-state index is 0.479. The van der Waals surface area contributed by atoms with Crippen LogP contribution in [0.25, 0.3) is 11.4 Å². The van der Waals surface area contributed by atoms with Crippen molar-refractivity contribution in [3.63, 3.8) is 0 Å². The average molecular weight is 1390 g/mol. The van der Waals surface area contributed by atoms with Gasteiger partial charge in [0.1, 0.15) is 85.9 Å². The molecule has 4 aliphatic heterocycles. The molecule has 0 spiro atoms. The molecule has 0 aliphatic carbocycles. The van der Waals surface area contributed by atoms with Crippen molar-refractivity contribution in [3.8, 4) is 35.7 Å². The van der Waals surface area contributed by atoms with Crippen molar-refractivity contribution in [2.75, 3.05) is 51.1 Å². The van der Waals surface area contributed by atoms with Crippen LogP contribution < -0.4 is 30.7 Å². The molecule has 27 heteroatoms. The van der Waals surface area contributed by atoms with Crippen LogP contribution in [0.3, 0.4) is 0 Å². The molecule has 10 heterocycles. The summed E-state index contributed by atoms with van der Waals surface area (Å²) in [5, 5.41) is 57.3. The number of rotatable bonds is 10. The molecule has 24 nitrogen and oxygen atoms in total. The van der Waals surface area contributed by atoms with Crippen molar-refractivity contribution in [1.29, 1.82) is 21.0 Å². The van der Waals surface area contributed by atoms with Gasteiger partial charge in [-0.25, -0.2) is 39.9 Å². The number of anilines is 5. The van der Waals surface area contributed by atoms with Gasteiger partial charge in [0.25, 0.3) is 0 Å². The van der Waals surface area contributed by atoms with Crippen LogP contribution in [-0.2, 0) is 65.0 Å². The summed E-state index contributed by atoms with van der Waals surface area (Å²) in [6.07, 6.45) is 20.0. The lowest BCUT2D eigenvalue weighted by Gasteiger charge is -2.31. The lowest BCUT2D eigenvalue weighted by atomic mass is 10.0. The highest BCUT2D eigenvalue weighted by atomic mass is 35.5. The summed E-state index contributed by atoms with van der Waals surface area (Å²) in [4.78, 5) is 42.7. The molecule has 0 bridgehead atoms. The van der Waals surface area contributed by atoms with E-state index in [1.807, 2.05) is 125 Å². The zero-order valence-corrected chi connectivity index (χ0v) is 56.7. The molecule has 0 radical (unpaired) electrons. The van der Waals surface area contributed by atoms with E-state index in [-0.39, 0.29) is 0 Å². The Labute approximate surface area is 597 Å². The smallest absolute Gasteiger partial charge is 0.137 e. The van der Waals surface area contributed by atoms with Crippen molar-refractivity contribution in [2.24, 2.45) is 5.73 Å². The lowest BCUT2D eigenvalue weighted by molar-refractivity contribution is 0.704. The van der Waals surface area contributed by atoms with Gasteiger partial charge in [-0.05, 0) is 96.1 Å². The Hall–Kier alpha value is -12.3. The third-order valence-electron chi connectivity index (χ3n) is 17.2. The Morgan fingerprint density at radius 1 is 0.416 bits per heavy atom. The predicted octanol–water partition coefficient (Wildman–Crippen LogP) is 11.5. The Balaban J connectivity index is 0.000000124. The first-order valence-corrected chi connectivity index (χ1v) is 33.3. The molecule has 0 amide bonds. The molecule has 0 saturated carbocycles. The van der Waals surface area contributed by atoms with Crippen LogP contribution in [-0.4, -0.2) is 95.6 Å². The Morgan fingerprint density at radius 3 is 1.35 bits per heavy atom. The first-order chi connectivity index (χ1) is 49.6. The Bertz CT molecular complexity index is 4910. The van der Waals surface area contributed by atoms with E-state index >= 15 is 0 Å². The highest BCUT2D eigenvalue weighted by molar-refractivity contribution is 6.31. The number of nitrogens with zero attached hydrogens (tertiary/aromatic N) is 22. The van der Waals surface area contributed by atoms with Gasteiger partial charge in [0.15, 0.2) is 0 Å². The van der Waals surface area contributed by atoms with Crippen molar-refractivity contribution in [3.05, 3.63) is 290 Å². The quantitative estimate of drug-likeness (QED) is 0.120. The number of para-hydroxylation sites is 2. The fourth-order valence-corrected chi connectivity index (χ4v) is 12.7. The zero-order chi connectivity index (χ0) is 69.9. The first-order valence-electron chi connectivity index (χ1n) is 32.1. The summed E-state index contributed by atoms with van der Waals surface area (Å²) in [7, 11) is 0. The summed E-state index contributed by atoms with van der Waals surface area (Å²) < 4.78 is 3.71. The number of halogens is 3. The molecule has 0 saturated heterocycles. The standard InChI is InChI=1S/C23H19ClN8.C14H10Cl2N4.2C14H12N4.C9H10N4/c24-18-4-5-22(17(9-18)10-25)31-7-6-21-20(12-31)23(28-13-27-21)26-11-16-2-1-3-19(8-16)32-14-29-30-15-32;15-10-1-2-13(9(5-10)6-17)20-4-3-12-11(7-20)14(16)19-8-18-12;2*15-7-11-3-1-2-4-14(11)18-6-5-13-12(9-18)8-16-10-17-13;10-5-8-2-1-3-9(4-8)13-6-11-12-7-13/h1-5,8-9,13-15H,6-7,11-12H2,(H,26,27,28);1-2,5,8H,3-4,7H2;2*1-4,8,10H,5-6,9H2;1-4,6-7H,5,10H2. The monoisotopic (exact) mass is 1390 g/mol. The van der Waals surface area contributed by atoms with Gasteiger partial charge >= 0.3 is 0 Å². The molecule has 6 aromatic heterocycles. The maximum absolute atomic E-state index is 9.54. The predicted molar refractivity (Wildman–Crippen MR) is 385 cm³/mol. The number of nitriles is 4. The van der Waals surface area contributed by atoms with E-state index in [0.29, 0.717) is 52.5 Å². The molecule has 12 aromatic rings. The van der Waals surface area contributed by atoms with Gasteiger partial charge in [-0.1, -0.05) is 83.3 Å². The maximum Gasteiger partial charge on any atom is 0.137 e. The van der Waals surface area contributed by atoms with Gasteiger partial charge in [0, 0.05) is 147 Å². The largest absolute Gasteiger partial charge is 0.366 e. The highest BCUT2D eigenvalue weighted by Gasteiger charge is 2.26. The van der Waals surface area contributed by atoms with E-state index in [4.69, 9.17) is 51.1 Å². The second kappa shape index (κ2) is 33.3.